The molecule has 2 aromatic rings. The van der Waals surface area contributed by atoms with Crippen LogP contribution >= 0.6 is 0 Å². The van der Waals surface area contributed by atoms with Gasteiger partial charge in [-0.05, 0) is 31.0 Å². The number of halogens is 2. The van der Waals surface area contributed by atoms with E-state index >= 15 is 0 Å². The van der Waals surface area contributed by atoms with Crippen molar-refractivity contribution >= 4 is 16.6 Å². The van der Waals surface area contributed by atoms with Crippen molar-refractivity contribution in [2.24, 2.45) is 5.84 Å². The Kier molecular flexibility index (Phi) is 3.06. The molecule has 0 saturated heterocycles. The summed E-state index contributed by atoms with van der Waals surface area (Å²) in [6.07, 6.45) is 4.39. The molecule has 100 valence electrons. The molecule has 1 aromatic carbocycles. The quantitative estimate of drug-likeness (QED) is 0.644. The third-order valence-electron chi connectivity index (χ3n) is 3.82. The van der Waals surface area contributed by atoms with E-state index in [1.807, 2.05) is 6.07 Å². The lowest BCUT2D eigenvalue weighted by Crippen LogP contribution is -2.10. The highest BCUT2D eigenvalue weighted by Crippen LogP contribution is 2.36. The number of nitrogen functional groups attached to an aromatic ring is 1. The minimum atomic E-state index is -0.908. The van der Waals surface area contributed by atoms with Gasteiger partial charge in [0.2, 0.25) is 0 Å². The van der Waals surface area contributed by atoms with Crippen LogP contribution in [0.5, 0.6) is 0 Å². The molecule has 3 N–H and O–H groups in total. The number of fused-ring (bicyclic) bond motifs is 1. The van der Waals surface area contributed by atoms with E-state index in [9.17, 15) is 8.78 Å². The van der Waals surface area contributed by atoms with Gasteiger partial charge in [0.15, 0.2) is 11.6 Å². The number of hydrazine groups is 1. The van der Waals surface area contributed by atoms with Gasteiger partial charge in [0, 0.05) is 17.0 Å². The van der Waals surface area contributed by atoms with Gasteiger partial charge in [-0.25, -0.2) is 13.8 Å². The Morgan fingerprint density at radius 2 is 1.95 bits per heavy atom. The molecule has 3 rings (SSSR count). The Labute approximate surface area is 109 Å². The minimum Gasteiger partial charge on any atom is -0.323 e. The molecule has 1 aromatic heterocycles. The lowest BCUT2D eigenvalue weighted by molar-refractivity contribution is 0.515. The van der Waals surface area contributed by atoms with Crippen LogP contribution in [-0.2, 0) is 0 Å². The van der Waals surface area contributed by atoms with E-state index in [4.69, 9.17) is 5.84 Å². The molecule has 0 aliphatic heterocycles. The number of pyridine rings is 1. The molecule has 1 saturated carbocycles. The number of nitrogens with zero attached hydrogens (tertiary/aromatic N) is 1. The number of rotatable bonds is 2. The van der Waals surface area contributed by atoms with E-state index < -0.39 is 11.6 Å². The van der Waals surface area contributed by atoms with Crippen LogP contribution in [0.25, 0.3) is 10.9 Å². The zero-order chi connectivity index (χ0) is 13.4. The molecule has 5 heteroatoms. The van der Waals surface area contributed by atoms with Gasteiger partial charge in [-0.15, -0.1) is 0 Å². The molecule has 3 nitrogen and oxygen atoms in total. The molecule has 0 spiro atoms. The van der Waals surface area contributed by atoms with Crippen molar-refractivity contribution in [2.45, 2.75) is 31.6 Å². The van der Waals surface area contributed by atoms with Gasteiger partial charge in [0.05, 0.1) is 5.69 Å². The summed E-state index contributed by atoms with van der Waals surface area (Å²) in [5.74, 6) is 4.01. The molecule has 0 radical (unpaired) electrons. The summed E-state index contributed by atoms with van der Waals surface area (Å²) >= 11 is 0. The first-order chi connectivity index (χ1) is 9.20. The first-order valence-electron chi connectivity index (χ1n) is 6.46. The highest BCUT2D eigenvalue weighted by Gasteiger charge is 2.21. The molecule has 1 fully saturated rings. The van der Waals surface area contributed by atoms with Crippen LogP contribution in [-0.4, -0.2) is 4.98 Å². The predicted molar refractivity (Wildman–Crippen MR) is 70.7 cm³/mol. The molecule has 0 unspecified atom stereocenters. The number of nitrogens with two attached hydrogens (primary N) is 1. The topological polar surface area (TPSA) is 50.9 Å². The lowest BCUT2D eigenvalue weighted by Gasteiger charge is -2.13. The van der Waals surface area contributed by atoms with Crippen molar-refractivity contribution in [3.8, 4) is 0 Å². The average Bonchev–Trinajstić information content (AvgIpc) is 2.96. The van der Waals surface area contributed by atoms with Crippen LogP contribution in [0, 0.1) is 11.6 Å². The first-order valence-corrected chi connectivity index (χ1v) is 6.46. The molecular weight excluding hydrogens is 248 g/mol. The maximum atomic E-state index is 13.9. The monoisotopic (exact) mass is 263 g/mol. The van der Waals surface area contributed by atoms with Crippen LogP contribution in [0.15, 0.2) is 18.2 Å². The predicted octanol–water partition coefficient (Wildman–Crippen LogP) is 3.46. The van der Waals surface area contributed by atoms with Crippen LogP contribution in [0.4, 0.5) is 14.5 Å². The summed E-state index contributed by atoms with van der Waals surface area (Å²) in [5, 5.41) is 0.503. The number of nitrogens with one attached hydrogen (secondary N) is 1. The standard InChI is InChI=1S/C14H15F2N3/c15-10-6-5-9-12(19-17)7-11(8-3-1-2-4-8)18-14(9)13(10)16/h5-8H,1-4,17H2,(H,18,19). The Morgan fingerprint density at radius 3 is 2.63 bits per heavy atom. The second-order valence-corrected chi connectivity index (χ2v) is 4.98. The van der Waals surface area contributed by atoms with Crippen molar-refractivity contribution in [1.29, 1.82) is 0 Å². The molecule has 0 atom stereocenters. The summed E-state index contributed by atoms with van der Waals surface area (Å²) in [7, 11) is 0. The smallest absolute Gasteiger partial charge is 0.185 e. The number of aromatic nitrogens is 1. The van der Waals surface area contributed by atoms with Gasteiger partial charge in [-0.2, -0.15) is 0 Å². The molecular formula is C14H15F2N3. The van der Waals surface area contributed by atoms with E-state index in [-0.39, 0.29) is 5.52 Å². The molecule has 0 bridgehead atoms. The fourth-order valence-electron chi connectivity index (χ4n) is 2.80. The Bertz CT molecular complexity index is 622. The molecule has 0 amide bonds. The Balaban J connectivity index is 2.22. The fourth-order valence-corrected chi connectivity index (χ4v) is 2.80. The summed E-state index contributed by atoms with van der Waals surface area (Å²) in [5.41, 5.74) is 3.99. The molecule has 1 heterocycles. The van der Waals surface area contributed by atoms with Crippen molar-refractivity contribution in [3.63, 3.8) is 0 Å². The van der Waals surface area contributed by atoms with Crippen LogP contribution < -0.4 is 11.3 Å². The zero-order valence-electron chi connectivity index (χ0n) is 10.4. The molecule has 1 aliphatic carbocycles. The highest BCUT2D eigenvalue weighted by atomic mass is 19.2. The van der Waals surface area contributed by atoms with Crippen molar-refractivity contribution in [1.82, 2.24) is 4.98 Å². The number of hydrogen-bond acceptors (Lipinski definition) is 3. The number of benzene rings is 1. The van der Waals surface area contributed by atoms with Gasteiger partial charge in [0.1, 0.15) is 5.52 Å². The molecule has 19 heavy (non-hydrogen) atoms. The second kappa shape index (κ2) is 4.74. The second-order valence-electron chi connectivity index (χ2n) is 4.98. The summed E-state index contributed by atoms with van der Waals surface area (Å²) < 4.78 is 27.2. The van der Waals surface area contributed by atoms with E-state index in [1.165, 1.54) is 6.07 Å². The lowest BCUT2D eigenvalue weighted by atomic mass is 10.0. The van der Waals surface area contributed by atoms with Crippen molar-refractivity contribution in [2.75, 3.05) is 5.43 Å². The minimum absolute atomic E-state index is 0.0531. The largest absolute Gasteiger partial charge is 0.323 e. The van der Waals surface area contributed by atoms with Gasteiger partial charge in [0.25, 0.3) is 0 Å². The van der Waals surface area contributed by atoms with E-state index in [1.54, 1.807) is 0 Å². The van der Waals surface area contributed by atoms with Crippen molar-refractivity contribution < 1.29 is 8.78 Å². The number of anilines is 1. The zero-order valence-corrected chi connectivity index (χ0v) is 10.4. The Morgan fingerprint density at radius 1 is 1.21 bits per heavy atom. The third kappa shape index (κ3) is 2.04. The third-order valence-corrected chi connectivity index (χ3v) is 3.82. The molecule has 1 aliphatic rings. The van der Waals surface area contributed by atoms with Gasteiger partial charge >= 0.3 is 0 Å². The SMILES string of the molecule is NNc1cc(C2CCCC2)nc2c(F)c(F)ccc12. The maximum absolute atomic E-state index is 13.9. The number of hydrogen-bond donors (Lipinski definition) is 2. The normalized spacial score (nSPS) is 16.2. The van der Waals surface area contributed by atoms with E-state index in [0.717, 1.165) is 37.4 Å². The van der Waals surface area contributed by atoms with Gasteiger partial charge in [-0.3, -0.25) is 5.84 Å². The first kappa shape index (κ1) is 12.3. The Hall–Kier alpha value is -1.75. The van der Waals surface area contributed by atoms with Gasteiger partial charge in [-0.1, -0.05) is 12.8 Å². The summed E-state index contributed by atoms with van der Waals surface area (Å²) in [4.78, 5) is 4.32. The van der Waals surface area contributed by atoms with Crippen LogP contribution in [0.1, 0.15) is 37.3 Å². The maximum Gasteiger partial charge on any atom is 0.185 e. The summed E-state index contributed by atoms with van der Waals surface area (Å²) in [6.45, 7) is 0. The van der Waals surface area contributed by atoms with E-state index in [2.05, 4.69) is 10.4 Å². The van der Waals surface area contributed by atoms with E-state index in [0.29, 0.717) is 17.0 Å². The fraction of sp³-hybridized carbons (Fsp3) is 0.357. The average molecular weight is 263 g/mol. The summed E-state index contributed by atoms with van der Waals surface area (Å²) in [6, 6.07) is 4.43. The van der Waals surface area contributed by atoms with Crippen molar-refractivity contribution in [3.05, 3.63) is 35.5 Å². The van der Waals surface area contributed by atoms with Gasteiger partial charge < -0.3 is 5.43 Å². The van der Waals surface area contributed by atoms with Crippen LogP contribution in [0.2, 0.25) is 0 Å². The van der Waals surface area contributed by atoms with Crippen LogP contribution in [0.3, 0.4) is 0 Å². The highest BCUT2D eigenvalue weighted by molar-refractivity contribution is 5.91.